The van der Waals surface area contributed by atoms with Gasteiger partial charge in [-0.25, -0.2) is 9.97 Å². The summed E-state index contributed by atoms with van der Waals surface area (Å²) in [4.78, 5) is 32.6. The predicted octanol–water partition coefficient (Wildman–Crippen LogP) is 1.82. The minimum atomic E-state index is -0.0390. The molecule has 1 aromatic heterocycles. The van der Waals surface area contributed by atoms with Gasteiger partial charge in [0.1, 0.15) is 16.8 Å². The zero-order valence-electron chi connectivity index (χ0n) is 10.0. The van der Waals surface area contributed by atoms with E-state index in [9.17, 15) is 9.59 Å². The van der Waals surface area contributed by atoms with Crippen molar-refractivity contribution in [2.45, 2.75) is 25.5 Å². The minimum Gasteiger partial charge on any atom is -0.295 e. The van der Waals surface area contributed by atoms with Crippen LogP contribution in [-0.4, -0.2) is 32.8 Å². The summed E-state index contributed by atoms with van der Waals surface area (Å²) in [5.41, 5.74) is 0. The summed E-state index contributed by atoms with van der Waals surface area (Å²) >= 11 is 7.04. The van der Waals surface area contributed by atoms with E-state index in [4.69, 9.17) is 11.6 Å². The Hall–Kier alpha value is -1.14. The van der Waals surface area contributed by atoms with Gasteiger partial charge in [-0.1, -0.05) is 23.4 Å². The van der Waals surface area contributed by atoms with Crippen LogP contribution in [0, 0.1) is 6.92 Å². The van der Waals surface area contributed by atoms with Crippen molar-refractivity contribution in [3.05, 3.63) is 17.0 Å². The molecule has 1 aliphatic heterocycles. The molecule has 0 aliphatic carbocycles. The summed E-state index contributed by atoms with van der Waals surface area (Å²) < 4.78 is 0. The lowest BCUT2D eigenvalue weighted by molar-refractivity contribution is -0.117. The number of hydrogen-bond acceptors (Lipinski definition) is 5. The monoisotopic (exact) mass is 285 g/mol. The van der Waals surface area contributed by atoms with E-state index in [1.165, 1.54) is 18.7 Å². The number of nitrogens with zero attached hydrogens (tertiary/aromatic N) is 3. The summed E-state index contributed by atoms with van der Waals surface area (Å²) in [6.45, 7) is 3.71. The van der Waals surface area contributed by atoms with E-state index in [-0.39, 0.29) is 16.3 Å². The largest absolute Gasteiger partial charge is 0.295 e. The average molecular weight is 286 g/mol. The molecule has 1 aromatic rings. The first-order valence-electron chi connectivity index (χ1n) is 5.44. The molecule has 1 atom stereocenters. The van der Waals surface area contributed by atoms with E-state index >= 15 is 0 Å². The Kier molecular flexibility index (Phi) is 3.87. The number of halogens is 1. The molecule has 1 amide bonds. The summed E-state index contributed by atoms with van der Waals surface area (Å²) in [7, 11) is 0. The fourth-order valence-corrected chi connectivity index (χ4v) is 3.00. The summed E-state index contributed by atoms with van der Waals surface area (Å²) in [5, 5.41) is 0.323. The van der Waals surface area contributed by atoms with Gasteiger partial charge < -0.3 is 0 Å². The Bertz CT molecular complexity index is 489. The number of aryl methyl sites for hydroxylation is 1. The van der Waals surface area contributed by atoms with Gasteiger partial charge in [-0.05, 0) is 6.92 Å². The van der Waals surface area contributed by atoms with Gasteiger partial charge in [-0.15, -0.1) is 0 Å². The van der Waals surface area contributed by atoms with Gasteiger partial charge in [0.15, 0.2) is 5.12 Å². The fraction of sp³-hybridized carbons (Fsp3) is 0.455. The Labute approximate surface area is 114 Å². The van der Waals surface area contributed by atoms with Crippen molar-refractivity contribution < 1.29 is 9.59 Å². The molecule has 5 nitrogen and oxygen atoms in total. The number of carbonyl (C=O) groups is 2. The van der Waals surface area contributed by atoms with Crippen LogP contribution < -0.4 is 4.90 Å². The van der Waals surface area contributed by atoms with Crippen LogP contribution in [0.3, 0.4) is 0 Å². The number of anilines is 1. The first kappa shape index (κ1) is 13.3. The van der Waals surface area contributed by atoms with E-state index in [2.05, 4.69) is 9.97 Å². The molecule has 1 unspecified atom stereocenters. The molecule has 0 spiro atoms. The van der Waals surface area contributed by atoms with Crippen molar-refractivity contribution in [2.24, 2.45) is 0 Å². The molecule has 7 heteroatoms. The number of thioether (sulfide) groups is 1. The van der Waals surface area contributed by atoms with Crippen molar-refractivity contribution in [2.75, 3.05) is 11.4 Å². The standard InChI is InChI=1S/C11H12ClN3O2S/c1-6-13-9(12)4-10(14-6)15-5-8(3-11(15)17)18-7(2)16/h4,8H,3,5H2,1-2H3. The maximum Gasteiger partial charge on any atom is 0.229 e. The maximum atomic E-state index is 11.9. The molecule has 0 aromatic carbocycles. The van der Waals surface area contributed by atoms with Crippen LogP contribution in [0.1, 0.15) is 19.2 Å². The van der Waals surface area contributed by atoms with Crippen LogP contribution >= 0.6 is 23.4 Å². The van der Waals surface area contributed by atoms with Crippen molar-refractivity contribution in [1.82, 2.24) is 9.97 Å². The lowest BCUT2D eigenvalue weighted by Gasteiger charge is -2.15. The second kappa shape index (κ2) is 5.24. The predicted molar refractivity (Wildman–Crippen MR) is 70.8 cm³/mol. The van der Waals surface area contributed by atoms with Gasteiger partial charge in [-0.3, -0.25) is 14.5 Å². The molecule has 0 N–H and O–H groups in total. The van der Waals surface area contributed by atoms with E-state index in [1.54, 1.807) is 17.9 Å². The summed E-state index contributed by atoms with van der Waals surface area (Å²) in [6.07, 6.45) is 0.352. The molecule has 18 heavy (non-hydrogen) atoms. The smallest absolute Gasteiger partial charge is 0.229 e. The zero-order chi connectivity index (χ0) is 13.3. The Morgan fingerprint density at radius 3 is 2.89 bits per heavy atom. The quantitative estimate of drug-likeness (QED) is 0.776. The second-order valence-electron chi connectivity index (χ2n) is 4.04. The van der Waals surface area contributed by atoms with E-state index < -0.39 is 0 Å². The summed E-state index contributed by atoms with van der Waals surface area (Å²) in [5.74, 6) is 0.986. The highest BCUT2D eigenvalue weighted by Crippen LogP contribution is 2.28. The molecule has 0 saturated carbocycles. The van der Waals surface area contributed by atoms with Crippen LogP contribution in [0.5, 0.6) is 0 Å². The normalized spacial score (nSPS) is 19.4. The molecule has 1 saturated heterocycles. The van der Waals surface area contributed by atoms with Crippen LogP contribution in [0.15, 0.2) is 6.07 Å². The average Bonchev–Trinajstić information content (AvgIpc) is 2.56. The van der Waals surface area contributed by atoms with Crippen LogP contribution in [0.4, 0.5) is 5.82 Å². The maximum absolute atomic E-state index is 11.9. The fourth-order valence-electron chi connectivity index (χ4n) is 1.86. The lowest BCUT2D eigenvalue weighted by atomic mass is 10.4. The van der Waals surface area contributed by atoms with Gasteiger partial charge in [0.25, 0.3) is 0 Å². The van der Waals surface area contributed by atoms with Gasteiger partial charge in [0.2, 0.25) is 5.91 Å². The van der Waals surface area contributed by atoms with E-state index in [0.29, 0.717) is 29.8 Å². The topological polar surface area (TPSA) is 63.2 Å². The number of rotatable bonds is 2. The minimum absolute atomic E-state index is 0.0101. The highest BCUT2D eigenvalue weighted by atomic mass is 35.5. The Balaban J connectivity index is 2.18. The van der Waals surface area contributed by atoms with Gasteiger partial charge in [0, 0.05) is 31.2 Å². The van der Waals surface area contributed by atoms with Crippen molar-refractivity contribution >= 4 is 40.2 Å². The van der Waals surface area contributed by atoms with Crippen molar-refractivity contribution in [1.29, 1.82) is 0 Å². The third-order valence-electron chi connectivity index (χ3n) is 2.49. The van der Waals surface area contributed by atoms with Gasteiger partial charge in [0.05, 0.1) is 0 Å². The van der Waals surface area contributed by atoms with Gasteiger partial charge in [-0.2, -0.15) is 0 Å². The molecule has 0 bridgehead atoms. The van der Waals surface area contributed by atoms with E-state index in [0.717, 1.165) is 0 Å². The van der Waals surface area contributed by atoms with Crippen LogP contribution in [0.2, 0.25) is 5.15 Å². The molecule has 2 rings (SSSR count). The SMILES string of the molecule is CC(=O)SC1CC(=O)N(c2cc(Cl)nc(C)n2)C1. The Morgan fingerprint density at radius 1 is 1.56 bits per heavy atom. The zero-order valence-corrected chi connectivity index (χ0v) is 11.6. The number of hydrogen-bond donors (Lipinski definition) is 0. The van der Waals surface area contributed by atoms with Crippen LogP contribution in [-0.2, 0) is 9.59 Å². The Morgan fingerprint density at radius 2 is 2.28 bits per heavy atom. The molecule has 2 heterocycles. The van der Waals surface area contributed by atoms with Crippen molar-refractivity contribution in [3.63, 3.8) is 0 Å². The summed E-state index contributed by atoms with van der Waals surface area (Å²) in [6, 6.07) is 1.56. The first-order chi connectivity index (χ1) is 8.45. The third kappa shape index (κ3) is 3.00. The molecular weight excluding hydrogens is 274 g/mol. The number of amides is 1. The highest BCUT2D eigenvalue weighted by molar-refractivity contribution is 8.14. The molecule has 96 valence electrons. The van der Waals surface area contributed by atoms with Gasteiger partial charge >= 0.3 is 0 Å². The highest BCUT2D eigenvalue weighted by Gasteiger charge is 2.32. The second-order valence-corrected chi connectivity index (χ2v) is 5.90. The molecule has 1 aliphatic rings. The van der Waals surface area contributed by atoms with Crippen molar-refractivity contribution in [3.8, 4) is 0 Å². The van der Waals surface area contributed by atoms with E-state index in [1.807, 2.05) is 0 Å². The van der Waals surface area contributed by atoms with Crippen LogP contribution in [0.25, 0.3) is 0 Å². The molecular formula is C11H12ClN3O2S. The molecule has 0 radical (unpaired) electrons. The first-order valence-corrected chi connectivity index (χ1v) is 6.70. The lowest BCUT2D eigenvalue weighted by Crippen LogP contribution is -2.26. The third-order valence-corrected chi connectivity index (χ3v) is 3.67. The molecule has 1 fully saturated rings. The number of carbonyl (C=O) groups excluding carboxylic acids is 2. The number of aromatic nitrogens is 2.